The molecule has 1 N–H and O–H groups in total. The van der Waals surface area contributed by atoms with Gasteiger partial charge in [-0.1, -0.05) is 0 Å². The van der Waals surface area contributed by atoms with E-state index in [1.54, 1.807) is 0 Å². The Balaban J connectivity index is 2.86. The van der Waals surface area contributed by atoms with Crippen LogP contribution in [0.15, 0.2) is 18.3 Å². The maximum Gasteiger partial charge on any atom is 0.309 e. The quantitative estimate of drug-likeness (QED) is 0.663. The number of aliphatic carboxylic acids is 1. The zero-order valence-corrected chi connectivity index (χ0v) is 6.23. The Morgan fingerprint density at radius 1 is 1.67 bits per heavy atom. The first kappa shape index (κ1) is 8.39. The second kappa shape index (κ2) is 3.61. The third-order valence-electron chi connectivity index (χ3n) is 1.31. The molecule has 0 spiro atoms. The third kappa shape index (κ3) is 2.16. The molecule has 0 saturated heterocycles. The monoisotopic (exact) mass is 165 g/mol. The van der Waals surface area contributed by atoms with Crippen LogP contribution in [0.1, 0.15) is 16.1 Å². The lowest BCUT2D eigenvalue weighted by Crippen LogP contribution is -2.02. The van der Waals surface area contributed by atoms with Gasteiger partial charge < -0.3 is 5.11 Å². The summed E-state index contributed by atoms with van der Waals surface area (Å²) in [5, 5.41) is 8.40. The lowest BCUT2D eigenvalue weighted by atomic mass is 10.2. The number of hydrogen-bond acceptors (Lipinski definition) is 3. The van der Waals surface area contributed by atoms with E-state index in [0.717, 1.165) is 0 Å². The van der Waals surface area contributed by atoms with Crippen LogP contribution in [-0.4, -0.2) is 22.3 Å². The number of aromatic nitrogens is 1. The first-order chi connectivity index (χ1) is 5.72. The number of carbonyl (C=O) groups excluding carboxylic acids is 1. The van der Waals surface area contributed by atoms with Crippen LogP contribution in [0.4, 0.5) is 0 Å². The van der Waals surface area contributed by atoms with E-state index in [0.29, 0.717) is 17.5 Å². The molecule has 0 bridgehead atoms. The van der Waals surface area contributed by atoms with Gasteiger partial charge in [-0.05, 0) is 12.1 Å². The lowest BCUT2D eigenvalue weighted by Gasteiger charge is -1.95. The summed E-state index contributed by atoms with van der Waals surface area (Å²) in [5.41, 5.74) is 0.841. The van der Waals surface area contributed by atoms with Crippen LogP contribution in [-0.2, 0) is 11.2 Å². The van der Waals surface area contributed by atoms with Crippen LogP contribution in [0.3, 0.4) is 0 Å². The van der Waals surface area contributed by atoms with Crippen LogP contribution < -0.4 is 0 Å². The summed E-state index contributed by atoms with van der Waals surface area (Å²) in [5.74, 6) is -0.953. The first-order valence-electron chi connectivity index (χ1n) is 3.34. The third-order valence-corrected chi connectivity index (χ3v) is 1.31. The van der Waals surface area contributed by atoms with Crippen molar-refractivity contribution in [3.63, 3.8) is 0 Å². The van der Waals surface area contributed by atoms with Gasteiger partial charge in [-0.2, -0.15) is 0 Å². The van der Waals surface area contributed by atoms with E-state index in [4.69, 9.17) is 5.11 Å². The van der Waals surface area contributed by atoms with Crippen molar-refractivity contribution in [2.75, 3.05) is 0 Å². The molecule has 4 heteroatoms. The number of pyridine rings is 1. The molecule has 0 radical (unpaired) electrons. The molecule has 62 valence electrons. The number of hydrogen-bond donors (Lipinski definition) is 1. The maximum atomic E-state index is 10.3. The van der Waals surface area contributed by atoms with Crippen LogP contribution in [0.2, 0.25) is 0 Å². The predicted molar refractivity (Wildman–Crippen MR) is 41.0 cm³/mol. The van der Waals surface area contributed by atoms with E-state index >= 15 is 0 Å². The summed E-state index contributed by atoms with van der Waals surface area (Å²) in [6.07, 6.45) is 1.93. The van der Waals surface area contributed by atoms with Gasteiger partial charge >= 0.3 is 5.97 Å². The van der Waals surface area contributed by atoms with Gasteiger partial charge in [0.2, 0.25) is 0 Å². The van der Waals surface area contributed by atoms with Crippen LogP contribution in [0, 0.1) is 0 Å². The highest BCUT2D eigenvalue weighted by molar-refractivity contribution is 5.75. The topological polar surface area (TPSA) is 67.3 Å². The molecule has 0 aliphatic rings. The summed E-state index contributed by atoms with van der Waals surface area (Å²) >= 11 is 0. The largest absolute Gasteiger partial charge is 0.481 e. The normalized spacial score (nSPS) is 9.33. The minimum atomic E-state index is -0.953. The van der Waals surface area contributed by atoms with Gasteiger partial charge in [0.05, 0.1) is 12.1 Å². The van der Waals surface area contributed by atoms with E-state index < -0.39 is 5.97 Å². The molecule has 0 aliphatic carbocycles. The fraction of sp³-hybridized carbons (Fsp3) is 0.125. The van der Waals surface area contributed by atoms with E-state index in [9.17, 15) is 9.59 Å². The van der Waals surface area contributed by atoms with Crippen molar-refractivity contribution in [1.82, 2.24) is 4.98 Å². The molecule has 0 aromatic carbocycles. The van der Waals surface area contributed by atoms with Gasteiger partial charge in [0.25, 0.3) is 0 Å². The van der Waals surface area contributed by atoms with Gasteiger partial charge in [0.1, 0.15) is 6.29 Å². The minimum absolute atomic E-state index is 0.151. The molecular weight excluding hydrogens is 158 g/mol. The van der Waals surface area contributed by atoms with Gasteiger partial charge in [0.15, 0.2) is 0 Å². The molecule has 1 heterocycles. The summed E-state index contributed by atoms with van der Waals surface area (Å²) < 4.78 is 0. The van der Waals surface area contributed by atoms with Gasteiger partial charge in [-0.15, -0.1) is 0 Å². The van der Waals surface area contributed by atoms with Crippen molar-refractivity contribution in [3.05, 3.63) is 29.6 Å². The molecule has 0 fully saturated rings. The zero-order valence-electron chi connectivity index (χ0n) is 6.23. The van der Waals surface area contributed by atoms with Gasteiger partial charge in [0, 0.05) is 11.8 Å². The van der Waals surface area contributed by atoms with Crippen molar-refractivity contribution in [2.45, 2.75) is 6.42 Å². The molecule has 0 aliphatic heterocycles. The van der Waals surface area contributed by atoms with Crippen molar-refractivity contribution in [1.29, 1.82) is 0 Å². The summed E-state index contributed by atoms with van der Waals surface area (Å²) in [4.78, 5) is 24.3. The maximum absolute atomic E-state index is 10.3. The highest BCUT2D eigenvalue weighted by atomic mass is 16.4. The lowest BCUT2D eigenvalue weighted by molar-refractivity contribution is -0.136. The number of carboxylic acids is 1. The van der Waals surface area contributed by atoms with E-state index in [2.05, 4.69) is 4.98 Å². The van der Waals surface area contributed by atoms with E-state index in [1.165, 1.54) is 18.3 Å². The number of nitrogens with zero attached hydrogens (tertiary/aromatic N) is 1. The standard InChI is InChI=1S/C8H7NO3/c10-5-6-1-2-9-7(3-6)4-8(11)12/h1-3,5H,4H2,(H,11,12). The smallest absolute Gasteiger partial charge is 0.309 e. The van der Waals surface area contributed by atoms with Crippen LogP contribution in [0.5, 0.6) is 0 Å². The Kier molecular flexibility index (Phi) is 2.53. The fourth-order valence-electron chi connectivity index (χ4n) is 0.822. The van der Waals surface area contributed by atoms with Crippen LogP contribution >= 0.6 is 0 Å². The Morgan fingerprint density at radius 3 is 3.00 bits per heavy atom. The van der Waals surface area contributed by atoms with E-state index in [1.807, 2.05) is 0 Å². The summed E-state index contributed by atoms with van der Waals surface area (Å²) in [6.45, 7) is 0. The molecule has 1 aromatic heterocycles. The van der Waals surface area contributed by atoms with E-state index in [-0.39, 0.29) is 6.42 Å². The number of carboxylic acid groups (broad SMARTS) is 1. The molecule has 0 saturated carbocycles. The average molecular weight is 165 g/mol. The van der Waals surface area contributed by atoms with Gasteiger partial charge in [-0.25, -0.2) is 0 Å². The number of rotatable bonds is 3. The predicted octanol–water partition coefficient (Wildman–Crippen LogP) is 0.521. The molecule has 1 aromatic rings. The zero-order chi connectivity index (χ0) is 8.97. The molecule has 4 nitrogen and oxygen atoms in total. The minimum Gasteiger partial charge on any atom is -0.481 e. The van der Waals surface area contributed by atoms with Crippen molar-refractivity contribution < 1.29 is 14.7 Å². The second-order valence-corrected chi connectivity index (χ2v) is 2.27. The fourth-order valence-corrected chi connectivity index (χ4v) is 0.822. The summed E-state index contributed by atoms with van der Waals surface area (Å²) in [6, 6.07) is 2.99. The van der Waals surface area contributed by atoms with Gasteiger partial charge in [-0.3, -0.25) is 14.6 Å². The first-order valence-corrected chi connectivity index (χ1v) is 3.34. The van der Waals surface area contributed by atoms with Crippen molar-refractivity contribution in [2.24, 2.45) is 0 Å². The summed E-state index contributed by atoms with van der Waals surface area (Å²) in [7, 11) is 0. The Labute approximate surface area is 68.9 Å². The molecule has 0 unspecified atom stereocenters. The van der Waals surface area contributed by atoms with Crippen molar-refractivity contribution >= 4 is 12.3 Å². The average Bonchev–Trinajstić information content (AvgIpc) is 2.03. The Bertz CT molecular complexity index is 309. The Morgan fingerprint density at radius 2 is 2.42 bits per heavy atom. The molecule has 0 amide bonds. The number of carbonyl (C=O) groups is 2. The highest BCUT2D eigenvalue weighted by Crippen LogP contribution is 1.99. The molecule has 1 rings (SSSR count). The van der Waals surface area contributed by atoms with Crippen molar-refractivity contribution in [3.8, 4) is 0 Å². The van der Waals surface area contributed by atoms with Crippen LogP contribution in [0.25, 0.3) is 0 Å². The SMILES string of the molecule is O=Cc1ccnc(CC(=O)O)c1. The Hall–Kier alpha value is -1.71. The molecule has 0 atom stereocenters. The molecular formula is C8H7NO3. The molecule has 12 heavy (non-hydrogen) atoms. The highest BCUT2D eigenvalue weighted by Gasteiger charge is 2.01. The second-order valence-electron chi connectivity index (χ2n) is 2.27. The number of aldehydes is 1.